The SMILES string of the molecule is Nc1nc(=O)n([C@@H]2O[C@H](COP(=O)(Cl)Cl)[C@H](O)[C@@H]2O)cc1-c1ccccc1. The predicted octanol–water partition coefficient (Wildman–Crippen LogP) is 1.71. The van der Waals surface area contributed by atoms with Crippen LogP contribution in [0.25, 0.3) is 11.1 Å². The van der Waals surface area contributed by atoms with Crippen LogP contribution >= 0.6 is 28.6 Å². The lowest BCUT2D eigenvalue weighted by molar-refractivity contribution is -0.0505. The molecule has 1 fully saturated rings. The molecule has 0 saturated carbocycles. The second kappa shape index (κ2) is 7.89. The zero-order valence-electron chi connectivity index (χ0n) is 13.7. The Kier molecular flexibility index (Phi) is 5.93. The molecular formula is C15H16Cl2N3O6P. The molecule has 27 heavy (non-hydrogen) atoms. The molecule has 0 bridgehead atoms. The minimum Gasteiger partial charge on any atom is -0.387 e. The highest BCUT2D eigenvalue weighted by atomic mass is 35.9. The normalized spacial score (nSPS) is 25.6. The zero-order chi connectivity index (χ0) is 19.8. The van der Waals surface area contributed by atoms with Crippen molar-refractivity contribution in [3.05, 3.63) is 47.0 Å². The highest BCUT2D eigenvalue weighted by molar-refractivity contribution is 8.05. The smallest absolute Gasteiger partial charge is 0.380 e. The molecule has 1 aromatic heterocycles. The Labute approximate surface area is 163 Å². The number of nitrogen functional groups attached to an aromatic ring is 1. The van der Waals surface area contributed by atoms with Crippen molar-refractivity contribution < 1.29 is 24.0 Å². The highest BCUT2D eigenvalue weighted by Gasteiger charge is 2.45. The molecule has 9 nitrogen and oxygen atoms in total. The van der Waals surface area contributed by atoms with E-state index in [1.807, 2.05) is 6.07 Å². The Morgan fingerprint density at radius 2 is 1.93 bits per heavy atom. The Hall–Kier alpha value is -1.45. The number of nitrogens with two attached hydrogens (primary N) is 1. The van der Waals surface area contributed by atoms with Crippen molar-refractivity contribution in [1.82, 2.24) is 9.55 Å². The second-order valence-electron chi connectivity index (χ2n) is 5.85. The van der Waals surface area contributed by atoms with Gasteiger partial charge in [-0.3, -0.25) is 9.13 Å². The summed E-state index contributed by atoms with van der Waals surface area (Å²) in [5, 5.41) is 20.4. The van der Waals surface area contributed by atoms with Gasteiger partial charge in [0.25, 0.3) is 0 Å². The summed E-state index contributed by atoms with van der Waals surface area (Å²) in [6.07, 6.45) is -7.74. The summed E-state index contributed by atoms with van der Waals surface area (Å²) in [6, 6.07) is 8.95. The van der Waals surface area contributed by atoms with Gasteiger partial charge in [-0.05, 0) is 28.0 Å². The molecule has 0 aliphatic carbocycles. The number of aromatic nitrogens is 2. The largest absolute Gasteiger partial charge is 0.387 e. The molecular weight excluding hydrogens is 420 g/mol. The number of nitrogens with zero attached hydrogens (tertiary/aromatic N) is 2. The third-order valence-corrected chi connectivity index (χ3v) is 5.10. The van der Waals surface area contributed by atoms with Gasteiger partial charge >= 0.3 is 11.8 Å². The van der Waals surface area contributed by atoms with E-state index in [4.69, 9.17) is 37.5 Å². The van der Waals surface area contributed by atoms with Crippen molar-refractivity contribution in [2.45, 2.75) is 24.5 Å². The Bertz CT molecular complexity index is 922. The number of rotatable bonds is 5. The van der Waals surface area contributed by atoms with E-state index in [1.54, 1.807) is 24.3 Å². The van der Waals surface area contributed by atoms with Gasteiger partial charge in [0.15, 0.2) is 6.23 Å². The monoisotopic (exact) mass is 435 g/mol. The number of hydrogen-bond acceptors (Lipinski definition) is 8. The van der Waals surface area contributed by atoms with Crippen LogP contribution in [0.2, 0.25) is 0 Å². The summed E-state index contributed by atoms with van der Waals surface area (Å²) in [6.45, 7) is -0.443. The molecule has 1 aliphatic heterocycles. The third kappa shape index (κ3) is 4.52. The quantitative estimate of drug-likeness (QED) is 0.603. The van der Waals surface area contributed by atoms with Crippen molar-refractivity contribution >= 4 is 34.4 Å². The molecule has 146 valence electrons. The van der Waals surface area contributed by atoms with Gasteiger partial charge < -0.3 is 25.2 Å². The number of anilines is 1. The van der Waals surface area contributed by atoms with Crippen LogP contribution in [0, 0.1) is 0 Å². The van der Waals surface area contributed by atoms with E-state index in [2.05, 4.69) is 4.98 Å². The number of hydrogen-bond donors (Lipinski definition) is 3. The summed E-state index contributed by atoms with van der Waals surface area (Å²) in [4.78, 5) is 16.0. The Morgan fingerprint density at radius 3 is 2.56 bits per heavy atom. The standard InChI is InChI=1S/C15H16Cl2N3O6P/c16-27(17,24)25-7-10-11(21)12(22)14(26-10)20-6-9(13(18)19-15(20)23)8-4-2-1-3-5-8/h1-6,10-12,14,21-22H,7H2,(H2,18,19,23)/t10-,11+,12+,14-/m1/s1. The van der Waals surface area contributed by atoms with Crippen LogP contribution in [0.15, 0.2) is 41.3 Å². The van der Waals surface area contributed by atoms with E-state index in [-0.39, 0.29) is 5.82 Å². The van der Waals surface area contributed by atoms with Crippen LogP contribution in [-0.4, -0.2) is 44.7 Å². The van der Waals surface area contributed by atoms with E-state index in [0.29, 0.717) is 11.1 Å². The molecule has 4 atom stereocenters. The highest BCUT2D eigenvalue weighted by Crippen LogP contribution is 2.57. The fourth-order valence-corrected chi connectivity index (χ4v) is 3.42. The first-order valence-corrected chi connectivity index (χ1v) is 11.2. The molecule has 1 aromatic carbocycles. The summed E-state index contributed by atoms with van der Waals surface area (Å²) < 4.78 is 22.5. The maximum absolute atomic E-state index is 12.3. The van der Waals surface area contributed by atoms with Gasteiger partial charge in [-0.1, -0.05) is 30.3 Å². The van der Waals surface area contributed by atoms with Gasteiger partial charge in [0.05, 0.1) is 6.61 Å². The van der Waals surface area contributed by atoms with E-state index in [1.165, 1.54) is 6.20 Å². The molecule has 0 radical (unpaired) electrons. The van der Waals surface area contributed by atoms with Crippen LogP contribution in [0.1, 0.15) is 6.23 Å². The molecule has 1 saturated heterocycles. The van der Waals surface area contributed by atoms with Crippen LogP contribution in [0.4, 0.5) is 5.82 Å². The van der Waals surface area contributed by atoms with Crippen molar-refractivity contribution in [1.29, 1.82) is 0 Å². The summed E-state index contributed by atoms with van der Waals surface area (Å²) in [5.41, 5.74) is 6.23. The molecule has 0 amide bonds. The lowest BCUT2D eigenvalue weighted by atomic mass is 10.1. The predicted molar refractivity (Wildman–Crippen MR) is 99.5 cm³/mol. The van der Waals surface area contributed by atoms with Crippen molar-refractivity contribution in [3.63, 3.8) is 0 Å². The van der Waals surface area contributed by atoms with Crippen LogP contribution in [-0.2, 0) is 13.8 Å². The number of halogens is 2. The van der Waals surface area contributed by atoms with E-state index in [9.17, 15) is 19.6 Å². The van der Waals surface area contributed by atoms with Gasteiger partial charge in [-0.2, -0.15) is 4.98 Å². The average Bonchev–Trinajstić information content (AvgIpc) is 2.88. The lowest BCUT2D eigenvalue weighted by Gasteiger charge is -2.19. The van der Waals surface area contributed by atoms with E-state index in [0.717, 1.165) is 4.57 Å². The molecule has 2 heterocycles. The first kappa shape index (κ1) is 20.3. The van der Waals surface area contributed by atoms with Gasteiger partial charge in [0, 0.05) is 11.8 Å². The number of aliphatic hydroxyl groups excluding tert-OH is 2. The molecule has 12 heteroatoms. The van der Waals surface area contributed by atoms with Gasteiger partial charge in [-0.25, -0.2) is 4.79 Å². The van der Waals surface area contributed by atoms with E-state index < -0.39 is 42.9 Å². The van der Waals surface area contributed by atoms with Gasteiger partial charge in [-0.15, -0.1) is 0 Å². The second-order valence-corrected chi connectivity index (χ2v) is 10.1. The molecule has 0 spiro atoms. The average molecular weight is 436 g/mol. The molecule has 1 aliphatic rings. The summed E-state index contributed by atoms with van der Waals surface area (Å²) in [5.74, 6) is 0.0144. The molecule has 2 aromatic rings. The summed E-state index contributed by atoms with van der Waals surface area (Å²) in [7, 11) is 0. The Balaban J connectivity index is 1.92. The number of aliphatic hydroxyl groups is 2. The molecule has 4 N–H and O–H groups in total. The maximum Gasteiger partial charge on any atom is 0.380 e. The minimum atomic E-state index is -3.85. The molecule has 0 unspecified atom stereocenters. The third-order valence-electron chi connectivity index (χ3n) is 4.07. The Morgan fingerprint density at radius 1 is 1.26 bits per heavy atom. The van der Waals surface area contributed by atoms with Gasteiger partial charge in [0.2, 0.25) is 0 Å². The first-order chi connectivity index (χ1) is 12.7. The van der Waals surface area contributed by atoms with Crippen molar-refractivity contribution in [2.24, 2.45) is 0 Å². The summed E-state index contributed by atoms with van der Waals surface area (Å²) >= 11 is 10.6. The topological polar surface area (TPSA) is 137 Å². The van der Waals surface area contributed by atoms with Crippen molar-refractivity contribution in [3.8, 4) is 11.1 Å². The number of ether oxygens (including phenoxy) is 1. The van der Waals surface area contributed by atoms with Gasteiger partial charge in [0.1, 0.15) is 24.1 Å². The van der Waals surface area contributed by atoms with Crippen LogP contribution in [0.5, 0.6) is 0 Å². The van der Waals surface area contributed by atoms with Crippen LogP contribution in [0.3, 0.4) is 0 Å². The number of benzene rings is 1. The zero-order valence-corrected chi connectivity index (χ0v) is 16.1. The first-order valence-electron chi connectivity index (χ1n) is 7.77. The van der Waals surface area contributed by atoms with Crippen molar-refractivity contribution in [2.75, 3.05) is 12.3 Å². The molecule has 3 rings (SSSR count). The minimum absolute atomic E-state index is 0.0144. The fraction of sp³-hybridized carbons (Fsp3) is 0.333. The van der Waals surface area contributed by atoms with E-state index >= 15 is 0 Å². The lowest BCUT2D eigenvalue weighted by Crippen LogP contribution is -2.36. The maximum atomic E-state index is 12.3. The fourth-order valence-electron chi connectivity index (χ4n) is 2.76. The van der Waals surface area contributed by atoms with Crippen LogP contribution < -0.4 is 11.4 Å².